The lowest BCUT2D eigenvalue weighted by molar-refractivity contribution is -0.274. The van der Waals surface area contributed by atoms with Crippen molar-refractivity contribution in [2.45, 2.75) is 18.6 Å². The van der Waals surface area contributed by atoms with Gasteiger partial charge in [-0.25, -0.2) is 4.39 Å². The van der Waals surface area contributed by atoms with Gasteiger partial charge in [-0.15, -0.1) is 13.2 Å². The first-order chi connectivity index (χ1) is 13.5. The Morgan fingerprint density at radius 3 is 2.07 bits per heavy atom. The fraction of sp³-hybridized carbons (Fsp3) is 0.368. The molecule has 1 heterocycles. The van der Waals surface area contributed by atoms with Crippen molar-refractivity contribution in [1.82, 2.24) is 10.2 Å². The van der Waals surface area contributed by atoms with Crippen LogP contribution < -0.4 is 10.1 Å². The first-order valence-corrected chi connectivity index (χ1v) is 8.72. The minimum absolute atomic E-state index is 0.162. The molecule has 1 atom stereocenters. The largest absolute Gasteiger partial charge is 0.573 e. The molecule has 2 aromatic rings. The zero-order valence-electron chi connectivity index (χ0n) is 14.9. The summed E-state index contributed by atoms with van der Waals surface area (Å²) in [6, 6.07) is 6.23. The van der Waals surface area contributed by atoms with E-state index in [0.717, 1.165) is 24.3 Å². The second-order valence-corrected chi connectivity index (χ2v) is 6.53. The Labute approximate surface area is 162 Å². The molecule has 29 heavy (non-hydrogen) atoms. The molecule has 1 saturated heterocycles. The van der Waals surface area contributed by atoms with Gasteiger partial charge in [-0.2, -0.15) is 13.2 Å². The maximum Gasteiger partial charge on any atom is 0.573 e. The van der Waals surface area contributed by atoms with Gasteiger partial charge in [0.15, 0.2) is 0 Å². The van der Waals surface area contributed by atoms with Crippen molar-refractivity contribution in [3.8, 4) is 5.75 Å². The van der Waals surface area contributed by atoms with Crippen LogP contribution in [0.15, 0.2) is 42.5 Å². The number of hydrogen-bond acceptors (Lipinski definition) is 3. The highest BCUT2D eigenvalue weighted by Gasteiger charge is 2.38. The van der Waals surface area contributed by atoms with Gasteiger partial charge in [0, 0.05) is 26.2 Å². The summed E-state index contributed by atoms with van der Waals surface area (Å²) < 4.78 is 95.3. The number of halogens is 7. The number of nitrogens with zero attached hydrogens (tertiary/aromatic N) is 1. The van der Waals surface area contributed by atoms with E-state index in [-0.39, 0.29) is 5.56 Å². The summed E-state index contributed by atoms with van der Waals surface area (Å²) in [6.07, 6.45) is -9.66. The van der Waals surface area contributed by atoms with Crippen LogP contribution >= 0.6 is 0 Å². The van der Waals surface area contributed by atoms with E-state index in [1.165, 1.54) is 12.1 Å². The fourth-order valence-electron chi connectivity index (χ4n) is 3.39. The van der Waals surface area contributed by atoms with Gasteiger partial charge in [0.05, 0.1) is 11.6 Å². The molecule has 3 rings (SSSR count). The van der Waals surface area contributed by atoms with E-state index in [0.29, 0.717) is 37.8 Å². The number of piperazine rings is 1. The monoisotopic (exact) mass is 422 g/mol. The predicted octanol–water partition coefficient (Wildman–Crippen LogP) is 4.74. The van der Waals surface area contributed by atoms with Crippen LogP contribution in [0.3, 0.4) is 0 Å². The van der Waals surface area contributed by atoms with Gasteiger partial charge in [0.2, 0.25) is 0 Å². The standard InChI is InChI=1S/C19H17F7N2O/c20-13-3-6-15(16(11-13)18(21,22)23)17(28-9-7-27-8-10-28)12-1-4-14(5-2-12)29-19(24,25)26/h1-6,11,17,27H,7-10H2/t17-/m0/s1. The minimum Gasteiger partial charge on any atom is -0.406 e. The third kappa shape index (κ3) is 5.39. The van der Waals surface area contributed by atoms with Gasteiger partial charge in [-0.3, -0.25) is 4.90 Å². The molecular formula is C19H17F7N2O. The predicted molar refractivity (Wildman–Crippen MR) is 90.8 cm³/mol. The van der Waals surface area contributed by atoms with Crippen LogP contribution in [0.4, 0.5) is 30.7 Å². The summed E-state index contributed by atoms with van der Waals surface area (Å²) >= 11 is 0. The molecule has 1 fully saturated rings. The highest BCUT2D eigenvalue weighted by Crippen LogP contribution is 2.40. The topological polar surface area (TPSA) is 24.5 Å². The van der Waals surface area contributed by atoms with Crippen molar-refractivity contribution >= 4 is 0 Å². The first kappa shape index (κ1) is 21.4. The third-order valence-corrected chi connectivity index (χ3v) is 4.56. The average molecular weight is 422 g/mol. The van der Waals surface area contributed by atoms with Gasteiger partial charge in [0.25, 0.3) is 0 Å². The molecular weight excluding hydrogens is 405 g/mol. The fourth-order valence-corrected chi connectivity index (χ4v) is 3.39. The SMILES string of the molecule is Fc1ccc([C@H](c2ccc(OC(F)(F)F)cc2)N2CCNCC2)c(C(F)(F)F)c1. The summed E-state index contributed by atoms with van der Waals surface area (Å²) in [4.78, 5) is 1.78. The third-order valence-electron chi connectivity index (χ3n) is 4.56. The van der Waals surface area contributed by atoms with E-state index >= 15 is 0 Å². The molecule has 2 aromatic carbocycles. The van der Waals surface area contributed by atoms with Gasteiger partial charge in [-0.05, 0) is 35.4 Å². The Bertz CT molecular complexity index is 828. The highest BCUT2D eigenvalue weighted by atomic mass is 19.4. The summed E-state index contributed by atoms with van der Waals surface area (Å²) in [5.41, 5.74) is -0.930. The molecule has 0 aliphatic carbocycles. The molecule has 0 unspecified atom stereocenters. The lowest BCUT2D eigenvalue weighted by Crippen LogP contribution is -2.45. The van der Waals surface area contributed by atoms with Crippen LogP contribution in [0.2, 0.25) is 0 Å². The van der Waals surface area contributed by atoms with Crippen molar-refractivity contribution in [2.24, 2.45) is 0 Å². The zero-order chi connectivity index (χ0) is 21.2. The average Bonchev–Trinajstić information content (AvgIpc) is 2.63. The number of alkyl halides is 6. The molecule has 3 nitrogen and oxygen atoms in total. The second kappa shape index (κ2) is 8.19. The zero-order valence-corrected chi connectivity index (χ0v) is 14.9. The molecule has 0 bridgehead atoms. The smallest absolute Gasteiger partial charge is 0.406 e. The lowest BCUT2D eigenvalue weighted by atomic mass is 9.92. The van der Waals surface area contributed by atoms with Crippen LogP contribution in [0, 0.1) is 5.82 Å². The molecule has 1 N–H and O–H groups in total. The number of benzene rings is 2. The molecule has 158 valence electrons. The number of nitrogens with one attached hydrogen (secondary N) is 1. The van der Waals surface area contributed by atoms with Crippen molar-refractivity contribution in [3.63, 3.8) is 0 Å². The molecule has 1 aliphatic rings. The molecule has 0 saturated carbocycles. The molecule has 10 heteroatoms. The summed E-state index contributed by atoms with van der Waals surface area (Å²) in [6.45, 7) is 1.91. The van der Waals surface area contributed by atoms with Crippen molar-refractivity contribution in [1.29, 1.82) is 0 Å². The van der Waals surface area contributed by atoms with Crippen LogP contribution in [0.1, 0.15) is 22.7 Å². The highest BCUT2D eigenvalue weighted by molar-refractivity contribution is 5.41. The minimum atomic E-state index is -4.88. The molecule has 0 aromatic heterocycles. The van der Waals surface area contributed by atoms with Crippen LogP contribution in [0.25, 0.3) is 0 Å². The Morgan fingerprint density at radius 2 is 1.52 bits per heavy atom. The van der Waals surface area contributed by atoms with Crippen LogP contribution in [-0.4, -0.2) is 37.4 Å². The number of rotatable bonds is 4. The Balaban J connectivity index is 2.05. The second-order valence-electron chi connectivity index (χ2n) is 6.53. The quantitative estimate of drug-likeness (QED) is 0.721. The van der Waals surface area contributed by atoms with Gasteiger partial charge < -0.3 is 10.1 Å². The molecule has 0 amide bonds. The van der Waals surface area contributed by atoms with Gasteiger partial charge in [-0.1, -0.05) is 18.2 Å². The first-order valence-electron chi connectivity index (χ1n) is 8.72. The van der Waals surface area contributed by atoms with Crippen molar-refractivity contribution in [2.75, 3.05) is 26.2 Å². The maximum atomic E-state index is 13.6. The van der Waals surface area contributed by atoms with Crippen LogP contribution in [0.5, 0.6) is 5.75 Å². The maximum absolute atomic E-state index is 13.6. The summed E-state index contributed by atoms with van der Waals surface area (Å²) in [5, 5.41) is 3.09. The van der Waals surface area contributed by atoms with E-state index in [1.807, 2.05) is 0 Å². The molecule has 1 aliphatic heterocycles. The van der Waals surface area contributed by atoms with E-state index in [1.54, 1.807) is 4.90 Å². The van der Waals surface area contributed by atoms with E-state index in [4.69, 9.17) is 0 Å². The van der Waals surface area contributed by atoms with Crippen molar-refractivity contribution < 1.29 is 35.5 Å². The van der Waals surface area contributed by atoms with Gasteiger partial charge in [0.1, 0.15) is 11.6 Å². The van der Waals surface area contributed by atoms with E-state index in [2.05, 4.69) is 10.1 Å². The Morgan fingerprint density at radius 1 is 0.897 bits per heavy atom. The summed E-state index contributed by atoms with van der Waals surface area (Å²) in [7, 11) is 0. The number of ether oxygens (including phenoxy) is 1. The summed E-state index contributed by atoms with van der Waals surface area (Å²) in [5.74, 6) is -1.50. The number of hydrogen-bond donors (Lipinski definition) is 1. The lowest BCUT2D eigenvalue weighted by Gasteiger charge is -2.36. The normalized spacial score (nSPS) is 17.2. The van der Waals surface area contributed by atoms with Crippen LogP contribution in [-0.2, 0) is 6.18 Å². The Hall–Kier alpha value is -2.33. The van der Waals surface area contributed by atoms with Crippen molar-refractivity contribution in [3.05, 3.63) is 65.0 Å². The van der Waals surface area contributed by atoms with E-state index < -0.39 is 35.7 Å². The molecule has 0 radical (unpaired) electrons. The Kier molecular flexibility index (Phi) is 6.04. The van der Waals surface area contributed by atoms with E-state index in [9.17, 15) is 30.7 Å². The van der Waals surface area contributed by atoms with Gasteiger partial charge >= 0.3 is 12.5 Å². The molecule has 0 spiro atoms.